The maximum Gasteiger partial charge on any atom is 0.191 e. The lowest BCUT2D eigenvalue weighted by Crippen LogP contribution is -3.14. The summed E-state index contributed by atoms with van der Waals surface area (Å²) < 4.78 is 5.41. The van der Waals surface area contributed by atoms with E-state index in [-0.39, 0.29) is 0 Å². The van der Waals surface area contributed by atoms with Crippen molar-refractivity contribution in [3.8, 4) is 0 Å². The Morgan fingerprint density at radius 3 is 2.92 bits per heavy atom. The van der Waals surface area contributed by atoms with Gasteiger partial charge in [-0.25, -0.2) is 9.97 Å². The number of nitrogens with two attached hydrogens (primary N) is 1. The van der Waals surface area contributed by atoms with E-state index in [1.54, 1.807) is 32.9 Å². The molecular weight excluding hydrogens is 342 g/mol. The summed E-state index contributed by atoms with van der Waals surface area (Å²) in [4.78, 5) is 15.1. The predicted molar refractivity (Wildman–Crippen MR) is 98.1 cm³/mol. The van der Waals surface area contributed by atoms with Gasteiger partial charge in [-0.15, -0.1) is 11.3 Å². The average molecular weight is 368 g/mol. The van der Waals surface area contributed by atoms with Gasteiger partial charge in [-0.3, -0.25) is 0 Å². The van der Waals surface area contributed by atoms with Crippen LogP contribution in [0, 0.1) is 0 Å². The molecule has 0 radical (unpaired) electrons. The Hall–Kier alpha value is -0.930. The van der Waals surface area contributed by atoms with Gasteiger partial charge >= 0.3 is 0 Å². The first-order valence-corrected chi connectivity index (χ1v) is 10.4. The standard InChI is InChI=1S/C16H23N5OS2/c1-20-3-2-11-12(10-20)24-15-13(11)14(17)18-16(19-15)23-9-6-21-4-7-22-8-5-21/h2-10H2,1H3,(H2,17,18,19)/p+2. The van der Waals surface area contributed by atoms with Crippen LogP contribution in [0.4, 0.5) is 5.82 Å². The molecule has 1 fully saturated rings. The number of hydrogen-bond donors (Lipinski definition) is 3. The van der Waals surface area contributed by atoms with E-state index in [1.165, 1.54) is 10.4 Å². The number of likely N-dealkylation sites (N-methyl/N-ethyl adjacent to an activating group) is 1. The topological polar surface area (TPSA) is 69.9 Å². The van der Waals surface area contributed by atoms with Gasteiger partial charge in [0, 0.05) is 6.42 Å². The van der Waals surface area contributed by atoms with Gasteiger partial charge < -0.3 is 20.3 Å². The van der Waals surface area contributed by atoms with Crippen LogP contribution >= 0.6 is 23.1 Å². The first kappa shape index (κ1) is 16.5. The summed E-state index contributed by atoms with van der Waals surface area (Å²) in [5.41, 5.74) is 7.68. The summed E-state index contributed by atoms with van der Waals surface area (Å²) in [7, 11) is 2.25. The quantitative estimate of drug-likeness (QED) is 0.470. The molecule has 0 amide bonds. The van der Waals surface area contributed by atoms with Crippen molar-refractivity contribution in [3.63, 3.8) is 0 Å². The number of nitrogen functional groups attached to an aromatic ring is 1. The van der Waals surface area contributed by atoms with Gasteiger partial charge in [0.2, 0.25) is 0 Å². The number of fused-ring (bicyclic) bond motifs is 3. The molecule has 2 aromatic heterocycles. The van der Waals surface area contributed by atoms with Crippen LogP contribution in [0.2, 0.25) is 0 Å². The fourth-order valence-corrected chi connectivity index (χ4v) is 5.77. The van der Waals surface area contributed by atoms with E-state index in [9.17, 15) is 0 Å². The van der Waals surface area contributed by atoms with Gasteiger partial charge in [-0.2, -0.15) is 0 Å². The monoisotopic (exact) mass is 367 g/mol. The van der Waals surface area contributed by atoms with E-state index in [4.69, 9.17) is 15.5 Å². The molecule has 4 heterocycles. The van der Waals surface area contributed by atoms with Gasteiger partial charge in [-0.1, -0.05) is 11.8 Å². The lowest BCUT2D eigenvalue weighted by atomic mass is 10.1. The van der Waals surface area contributed by atoms with E-state index in [1.807, 2.05) is 0 Å². The summed E-state index contributed by atoms with van der Waals surface area (Å²) in [5.74, 6) is 1.69. The van der Waals surface area contributed by atoms with E-state index < -0.39 is 0 Å². The highest BCUT2D eigenvalue weighted by Gasteiger charge is 2.24. The summed E-state index contributed by atoms with van der Waals surface area (Å²) in [6.07, 6.45) is 1.08. The smallest absolute Gasteiger partial charge is 0.191 e. The minimum atomic E-state index is 0.665. The van der Waals surface area contributed by atoms with E-state index in [0.717, 1.165) is 73.5 Å². The summed E-state index contributed by atoms with van der Waals surface area (Å²) in [5, 5.41) is 1.94. The molecule has 0 aromatic carbocycles. The van der Waals surface area contributed by atoms with Crippen LogP contribution in [0.3, 0.4) is 0 Å². The first-order valence-electron chi connectivity index (χ1n) is 8.64. The number of rotatable bonds is 4. The summed E-state index contributed by atoms with van der Waals surface area (Å²) in [6, 6.07) is 0. The number of quaternary nitrogens is 2. The fourth-order valence-electron chi connectivity index (χ4n) is 3.48. The van der Waals surface area contributed by atoms with Crippen molar-refractivity contribution in [1.82, 2.24) is 9.97 Å². The van der Waals surface area contributed by atoms with Crippen molar-refractivity contribution in [2.75, 3.05) is 57.9 Å². The van der Waals surface area contributed by atoms with Crippen LogP contribution in [0.5, 0.6) is 0 Å². The molecule has 0 bridgehead atoms. The molecule has 1 saturated heterocycles. The molecule has 130 valence electrons. The average Bonchev–Trinajstić information content (AvgIpc) is 2.93. The Balaban J connectivity index is 1.48. The third-order valence-electron chi connectivity index (χ3n) is 4.89. The second-order valence-corrected chi connectivity index (χ2v) is 8.82. The number of thiophene rings is 1. The molecule has 1 atom stereocenters. The lowest BCUT2D eigenvalue weighted by Gasteiger charge is -2.23. The maximum atomic E-state index is 6.29. The van der Waals surface area contributed by atoms with Gasteiger partial charge in [0.15, 0.2) is 5.16 Å². The predicted octanol–water partition coefficient (Wildman–Crippen LogP) is -1.15. The van der Waals surface area contributed by atoms with Crippen LogP contribution in [-0.2, 0) is 17.7 Å². The van der Waals surface area contributed by atoms with Crippen molar-refractivity contribution in [3.05, 3.63) is 10.4 Å². The fraction of sp³-hybridized carbons (Fsp3) is 0.625. The summed E-state index contributed by atoms with van der Waals surface area (Å²) >= 11 is 3.53. The zero-order valence-electron chi connectivity index (χ0n) is 14.1. The van der Waals surface area contributed by atoms with Crippen molar-refractivity contribution >= 4 is 39.1 Å². The van der Waals surface area contributed by atoms with Crippen molar-refractivity contribution in [2.45, 2.75) is 18.1 Å². The van der Waals surface area contributed by atoms with Gasteiger partial charge in [0.25, 0.3) is 0 Å². The van der Waals surface area contributed by atoms with Crippen molar-refractivity contribution in [1.29, 1.82) is 0 Å². The molecule has 2 aliphatic heterocycles. The lowest BCUT2D eigenvalue weighted by molar-refractivity contribution is -0.905. The molecule has 8 heteroatoms. The van der Waals surface area contributed by atoms with Crippen molar-refractivity contribution < 1.29 is 14.5 Å². The molecule has 1 unspecified atom stereocenters. The number of nitrogens with zero attached hydrogens (tertiary/aromatic N) is 2. The van der Waals surface area contributed by atoms with Crippen LogP contribution in [0.15, 0.2) is 5.16 Å². The Morgan fingerprint density at radius 2 is 2.08 bits per heavy atom. The number of hydrogen-bond acceptors (Lipinski definition) is 6. The minimum absolute atomic E-state index is 0.665. The highest BCUT2D eigenvalue weighted by molar-refractivity contribution is 7.99. The van der Waals surface area contributed by atoms with Crippen molar-refractivity contribution in [2.24, 2.45) is 0 Å². The molecule has 0 spiro atoms. The molecule has 4 N–H and O–H groups in total. The molecule has 2 aromatic rings. The van der Waals surface area contributed by atoms with Crippen LogP contribution in [-0.4, -0.2) is 62.2 Å². The SMILES string of the molecule is C[NH+]1CCc2c(sc3nc(SCC[NH+]4CCOCC4)nc(N)c23)C1. The third-order valence-corrected chi connectivity index (χ3v) is 6.87. The zero-order chi connectivity index (χ0) is 16.5. The number of aromatic nitrogens is 2. The Bertz CT molecular complexity index is 729. The molecule has 2 aliphatic rings. The number of nitrogens with one attached hydrogen (secondary N) is 2. The van der Waals surface area contributed by atoms with E-state index >= 15 is 0 Å². The highest BCUT2D eigenvalue weighted by Crippen LogP contribution is 2.35. The number of ether oxygens (including phenoxy) is 1. The maximum absolute atomic E-state index is 6.29. The summed E-state index contributed by atoms with van der Waals surface area (Å²) in [6.45, 7) is 7.35. The zero-order valence-corrected chi connectivity index (χ0v) is 15.7. The Morgan fingerprint density at radius 1 is 1.25 bits per heavy atom. The number of thioether (sulfide) groups is 1. The molecule has 6 nitrogen and oxygen atoms in total. The molecular formula is C16H25N5OS2+2. The van der Waals surface area contributed by atoms with Gasteiger partial charge in [0.05, 0.1) is 49.4 Å². The third kappa shape index (κ3) is 3.39. The van der Waals surface area contributed by atoms with Gasteiger partial charge in [-0.05, 0) is 5.56 Å². The number of morpholine rings is 1. The first-order chi connectivity index (χ1) is 11.7. The van der Waals surface area contributed by atoms with Crippen LogP contribution in [0.1, 0.15) is 10.4 Å². The normalized spacial score (nSPS) is 22.0. The largest absolute Gasteiger partial charge is 0.383 e. The van der Waals surface area contributed by atoms with E-state index in [2.05, 4.69) is 12.0 Å². The molecule has 4 rings (SSSR count). The molecule has 24 heavy (non-hydrogen) atoms. The van der Waals surface area contributed by atoms with Crippen LogP contribution in [0.25, 0.3) is 10.2 Å². The van der Waals surface area contributed by atoms with E-state index in [0.29, 0.717) is 5.82 Å². The molecule has 0 saturated carbocycles. The second-order valence-electron chi connectivity index (χ2n) is 6.67. The second kappa shape index (κ2) is 7.13. The Kier molecular flexibility index (Phi) is 4.91. The Labute approximate surface area is 150 Å². The van der Waals surface area contributed by atoms with Gasteiger partial charge in [0.1, 0.15) is 30.3 Å². The number of anilines is 1. The highest BCUT2D eigenvalue weighted by atomic mass is 32.2. The molecule has 0 aliphatic carbocycles. The van der Waals surface area contributed by atoms with Crippen LogP contribution < -0.4 is 15.5 Å². The minimum Gasteiger partial charge on any atom is -0.383 e.